The highest BCUT2D eigenvalue weighted by atomic mass is 35.5. The van der Waals surface area contributed by atoms with Gasteiger partial charge in [0.15, 0.2) is 0 Å². The molecule has 6 aromatic carbocycles. The zero-order valence-corrected chi connectivity index (χ0v) is 90.8. The Balaban J connectivity index is 0.000000323. The van der Waals surface area contributed by atoms with Gasteiger partial charge in [0.05, 0.1) is 6.04 Å². The van der Waals surface area contributed by atoms with E-state index in [0.717, 1.165) is 74.9 Å². The number of alkyl halides is 10. The second kappa shape index (κ2) is 65.4. The second-order valence-corrected chi connectivity index (χ2v) is 40.8. The molecule has 3 aliphatic rings. The molecule has 0 spiro atoms. The molecule has 798 valence electrons. The van der Waals surface area contributed by atoms with Crippen LogP contribution in [0.4, 0.5) is 42.8 Å². The normalized spacial score (nSPS) is 15.3. The predicted octanol–water partition coefficient (Wildman–Crippen LogP) is 16.0. The number of anilines is 5. The molecule has 8 atom stereocenters. The largest absolute Gasteiger partial charge is 0.480 e. The number of carbonyl (C=O) groups is 11. The first-order chi connectivity index (χ1) is 68.4. The Morgan fingerprint density at radius 3 is 0.826 bits per heavy atom. The van der Waals surface area contributed by atoms with Gasteiger partial charge in [0, 0.05) is 192 Å². The Bertz CT molecular complexity index is 4860. The number of aliphatic carboxylic acids is 4. The van der Waals surface area contributed by atoms with Crippen LogP contribution in [0.15, 0.2) is 152 Å². The predicted molar refractivity (Wildman–Crippen MR) is 575 cm³/mol. The van der Waals surface area contributed by atoms with E-state index in [1.54, 1.807) is 62.3 Å². The Labute approximate surface area is 896 Å². The molecular weight excluding hydrogens is 2070 g/mol. The topological polar surface area (TPSA) is 420 Å². The van der Waals surface area contributed by atoms with Crippen LogP contribution in [0.5, 0.6) is 0 Å². The average Bonchev–Trinajstić information content (AvgIpc) is 1.68. The van der Waals surface area contributed by atoms with Crippen LogP contribution in [0.25, 0.3) is 0 Å². The molecule has 11 N–H and O–H groups in total. The summed E-state index contributed by atoms with van der Waals surface area (Å²) in [7, 11) is 0. The number of hydrogen-bond donors (Lipinski definition) is 9. The number of carboxylic acids is 4. The number of halogens is 10. The molecule has 0 aliphatic carbocycles. The Morgan fingerprint density at radius 1 is 0.326 bits per heavy atom. The van der Waals surface area contributed by atoms with Crippen molar-refractivity contribution in [1.82, 2.24) is 30.7 Å². The molecule has 0 aromatic heterocycles. The van der Waals surface area contributed by atoms with Crippen LogP contribution >= 0.6 is 116 Å². The van der Waals surface area contributed by atoms with E-state index in [9.17, 15) is 68.1 Å². The first-order valence-electron chi connectivity index (χ1n) is 47.7. The third-order valence-corrected chi connectivity index (χ3v) is 24.2. The van der Waals surface area contributed by atoms with Crippen molar-refractivity contribution in [3.05, 3.63) is 185 Å². The molecule has 6 amide bonds. The monoisotopic (exact) mass is 2200 g/mol. The van der Waals surface area contributed by atoms with Crippen LogP contribution in [-0.4, -0.2) is 310 Å². The number of benzene rings is 6. The van der Waals surface area contributed by atoms with Gasteiger partial charge in [-0.3, -0.25) is 19.2 Å². The summed E-state index contributed by atoms with van der Waals surface area (Å²) in [5, 5.41) is 44.6. The summed E-state index contributed by atoms with van der Waals surface area (Å²) in [6.45, 7) is 23.8. The van der Waals surface area contributed by atoms with Crippen LogP contribution in [0.1, 0.15) is 134 Å². The highest BCUT2D eigenvalue weighted by Gasteiger charge is 2.42. The number of ether oxygens (including phenoxy) is 4. The molecule has 8 unspecified atom stereocenters. The zero-order chi connectivity index (χ0) is 107. The minimum absolute atomic E-state index is 0.134. The Kier molecular flexibility index (Phi) is 56.9. The summed E-state index contributed by atoms with van der Waals surface area (Å²) in [6.07, 6.45) is 2.45. The number of esters is 1. The molecule has 9 rings (SSSR count). The van der Waals surface area contributed by atoms with Crippen LogP contribution < -0.4 is 51.9 Å². The van der Waals surface area contributed by atoms with Gasteiger partial charge in [0.2, 0.25) is 17.7 Å². The van der Waals surface area contributed by atoms with E-state index >= 15 is 0 Å². The van der Waals surface area contributed by atoms with Crippen LogP contribution in [-0.2, 0) is 96.0 Å². The van der Waals surface area contributed by atoms with Crippen LogP contribution in [0.2, 0.25) is 0 Å². The molecule has 3 heterocycles. The second-order valence-electron chi connectivity index (χ2n) is 37.0. The van der Waals surface area contributed by atoms with Crippen molar-refractivity contribution in [2.45, 2.75) is 205 Å². The van der Waals surface area contributed by atoms with Gasteiger partial charge < -0.3 is 106 Å². The summed E-state index contributed by atoms with van der Waals surface area (Å²) in [5.41, 5.74) is 19.5. The van der Waals surface area contributed by atoms with E-state index in [1.165, 1.54) is 14.7 Å². The molecule has 42 heteroatoms. The molecule has 0 saturated carbocycles. The van der Waals surface area contributed by atoms with Gasteiger partial charge in [-0.05, 0) is 208 Å². The van der Waals surface area contributed by atoms with Crippen molar-refractivity contribution in [1.29, 1.82) is 0 Å². The maximum absolute atomic E-state index is 13.8. The Hall–Kier alpha value is -9.29. The number of carboxylic acid groups (broad SMARTS) is 4. The van der Waals surface area contributed by atoms with E-state index in [0.29, 0.717) is 182 Å². The van der Waals surface area contributed by atoms with E-state index in [1.807, 2.05) is 152 Å². The number of likely N-dealkylation sites (tertiary alicyclic amines) is 3. The molecule has 32 nitrogen and oxygen atoms in total. The van der Waals surface area contributed by atoms with Crippen LogP contribution in [0.3, 0.4) is 0 Å². The Morgan fingerprint density at radius 2 is 0.569 bits per heavy atom. The van der Waals surface area contributed by atoms with Gasteiger partial charge in [-0.1, -0.05) is 91.0 Å². The molecule has 0 radical (unpaired) electrons. The van der Waals surface area contributed by atoms with Crippen LogP contribution in [0, 0.1) is 0 Å². The summed E-state index contributed by atoms with van der Waals surface area (Å²) in [6, 6.07) is 40.6. The first kappa shape index (κ1) is 125. The lowest BCUT2D eigenvalue weighted by atomic mass is 10.0. The van der Waals surface area contributed by atoms with Gasteiger partial charge in [-0.25, -0.2) is 33.6 Å². The molecule has 3 fully saturated rings. The number of nitrogens with one attached hydrogen (secondary N) is 3. The number of nitrogens with two attached hydrogens (primary N) is 2. The third kappa shape index (κ3) is 45.6. The van der Waals surface area contributed by atoms with E-state index in [2.05, 4.69) is 40.4 Å². The summed E-state index contributed by atoms with van der Waals surface area (Å²) in [5.74, 6) is -0.710. The third-order valence-electron chi connectivity index (χ3n) is 22.6. The number of amides is 6. The van der Waals surface area contributed by atoms with Crippen molar-refractivity contribution in [3.8, 4) is 0 Å². The summed E-state index contributed by atoms with van der Waals surface area (Å²) < 4.78 is 21.4. The van der Waals surface area contributed by atoms with Crippen molar-refractivity contribution >= 4 is 210 Å². The lowest BCUT2D eigenvalue weighted by Gasteiger charge is -2.29. The van der Waals surface area contributed by atoms with Gasteiger partial charge in [0.25, 0.3) is 0 Å². The van der Waals surface area contributed by atoms with Gasteiger partial charge in [-0.2, -0.15) is 0 Å². The smallest absolute Gasteiger partial charge is 0.408 e. The SMILES string of the molecule is CC(C)(C)OC(=O)NC(Cc1ccc(N(CCCl)CCCl)cc1)C(=O)N1CCCC1C(=O)O.CC(C)(C)OC(=O)NC(Cc1ccc(N(CCCl)CCCl)cc1)C(=O)N1CCCC1C(=O)OCc1ccccc1.CC(C)(C)OC(=O)NC(Cc1ccc(N(CCCl)CCCl)cc1)C(=O)O.NC(Cc1ccc(N(CCCl)CCCl)cc1)C(=O)N1CCCC1C(=O)O.NC(Cc1ccc(N(CCCl)CCCl)cc1)C(=O)O. The van der Waals surface area contributed by atoms with Gasteiger partial charge in [-0.15, -0.1) is 116 Å². The number of hydrogen-bond acceptors (Lipinski definition) is 22. The quantitative estimate of drug-likeness (QED) is 0.00973. The van der Waals surface area contributed by atoms with Crippen molar-refractivity contribution < 1.29 is 92.1 Å². The molecular formula is C102H141Cl10N13O19. The van der Waals surface area contributed by atoms with Crippen molar-refractivity contribution in [2.24, 2.45) is 11.5 Å². The fourth-order valence-corrected chi connectivity index (χ4v) is 17.8. The minimum Gasteiger partial charge on any atom is -0.480 e. The van der Waals surface area contributed by atoms with Crippen molar-refractivity contribution in [3.63, 3.8) is 0 Å². The molecule has 144 heavy (non-hydrogen) atoms. The van der Waals surface area contributed by atoms with Gasteiger partial charge >= 0.3 is 48.1 Å². The molecule has 6 aromatic rings. The number of nitrogens with zero attached hydrogens (tertiary/aromatic N) is 8. The summed E-state index contributed by atoms with van der Waals surface area (Å²) in [4.78, 5) is 149. The van der Waals surface area contributed by atoms with E-state index < -0.39 is 119 Å². The minimum atomic E-state index is -1.12. The summed E-state index contributed by atoms with van der Waals surface area (Å²) >= 11 is 58.4. The van der Waals surface area contributed by atoms with E-state index in [4.69, 9.17) is 152 Å². The van der Waals surface area contributed by atoms with Gasteiger partial charge in [0.1, 0.15) is 65.7 Å². The number of rotatable bonds is 48. The standard InChI is InChI=1S/C30H39Cl2N3O5.C23H33Cl2N3O5.C18H25Cl2N3O3.C18H26Cl2N2O4.C13H18Cl2N2O2/c1-30(2,3)40-29(38)33-25(20-22-11-13-24(14-12-22)34(18-15-31)19-16-32)27(36)35-17-7-10-26(35)28(37)39-21-23-8-5-4-6-9-23;1-23(2,3)33-22(32)26-18(20(29)28-12-4-5-19(28)21(30)31)15-16-6-8-17(9-7-16)27(13-10-24)14-11-25;19-7-10-22(11-8-20)14-5-3-13(4-6-14)12-15(21)17(24)23-9-1-2-16(23)18(25)26;1-18(2,3)26-17(25)21-15(16(23)24)12-13-4-6-14(7-5-13)22(10-8-19)11-9-20;14-5-7-17(8-6-15)11-3-1-10(2-4-11)9-12(16)13(18)19/h4-6,8-9,11-14,25-26H,7,10,15-21H2,1-3H3,(H,33,38);6-9,18-19H,4-5,10-15H2,1-3H3,(H,26,32)(H,30,31);3-6,15-16H,1-2,7-12,21H2,(H,25,26);4-7,15H,8-12H2,1-3H3,(H,21,25)(H,23,24);1-4,12H,5-9,16H2,(H,18,19). The lowest BCUT2D eigenvalue weighted by molar-refractivity contribution is -0.155. The fourth-order valence-electron chi connectivity index (χ4n) is 15.7. The number of carbonyl (C=O) groups excluding carboxylic acids is 7. The highest BCUT2D eigenvalue weighted by molar-refractivity contribution is 6.20. The maximum Gasteiger partial charge on any atom is 0.408 e. The number of alkyl carbamates (subject to hydrolysis) is 3. The first-order valence-corrected chi connectivity index (χ1v) is 53.0. The highest BCUT2D eigenvalue weighted by Crippen LogP contribution is 2.29. The lowest BCUT2D eigenvalue weighted by Crippen LogP contribution is -2.53. The van der Waals surface area contributed by atoms with E-state index in [-0.39, 0.29) is 37.7 Å². The molecule has 3 saturated heterocycles. The molecule has 0 bridgehead atoms. The van der Waals surface area contributed by atoms with Crippen molar-refractivity contribution in [2.75, 3.05) is 168 Å². The maximum atomic E-state index is 13.8. The zero-order valence-electron chi connectivity index (χ0n) is 83.2. The average molecular weight is 2210 g/mol. The molecule has 3 aliphatic heterocycles. The fraction of sp³-hybridized carbons (Fsp3) is 0.539.